The van der Waals surface area contributed by atoms with Gasteiger partial charge in [0.25, 0.3) is 0 Å². The van der Waals surface area contributed by atoms with Crippen LogP contribution in [0.25, 0.3) is 11.0 Å². The van der Waals surface area contributed by atoms with Gasteiger partial charge in [0, 0.05) is 31.0 Å². The zero-order valence-electron chi connectivity index (χ0n) is 16.8. The van der Waals surface area contributed by atoms with Crippen LogP contribution in [0.15, 0.2) is 53.6 Å². The zero-order valence-corrected chi connectivity index (χ0v) is 18.4. The van der Waals surface area contributed by atoms with Crippen LogP contribution in [0.4, 0.5) is 5.82 Å². The van der Waals surface area contributed by atoms with E-state index in [1.54, 1.807) is 30.3 Å². The molecule has 0 atom stereocenters. The van der Waals surface area contributed by atoms with Crippen LogP contribution >= 0.6 is 11.6 Å². The number of ether oxygens (including phenoxy) is 2. The lowest BCUT2D eigenvalue weighted by molar-refractivity contribution is -0.169. The van der Waals surface area contributed by atoms with Crippen molar-refractivity contribution < 1.29 is 17.9 Å². The molecule has 0 saturated carbocycles. The molecule has 2 fully saturated rings. The summed E-state index contributed by atoms with van der Waals surface area (Å²) in [7, 11) is -3.75. The molecule has 162 valence electrons. The minimum absolute atomic E-state index is 0.00496. The summed E-state index contributed by atoms with van der Waals surface area (Å²) >= 11 is 5.94. The lowest BCUT2D eigenvalue weighted by atomic mass is 10.0. The number of anilines is 1. The van der Waals surface area contributed by atoms with Crippen molar-refractivity contribution in [3.63, 3.8) is 0 Å². The Kier molecular flexibility index (Phi) is 5.34. The van der Waals surface area contributed by atoms with Crippen molar-refractivity contribution in [1.29, 1.82) is 0 Å². The van der Waals surface area contributed by atoms with E-state index in [9.17, 15) is 8.42 Å². The van der Waals surface area contributed by atoms with Crippen molar-refractivity contribution in [3.8, 4) is 0 Å². The Morgan fingerprint density at radius 1 is 0.935 bits per heavy atom. The quantitative estimate of drug-likeness (QED) is 0.589. The van der Waals surface area contributed by atoms with Gasteiger partial charge in [0.15, 0.2) is 16.6 Å². The number of piperidine rings is 1. The lowest BCUT2D eigenvalue weighted by Gasteiger charge is -2.38. The Morgan fingerprint density at radius 3 is 2.19 bits per heavy atom. The number of para-hydroxylation sites is 2. The monoisotopic (exact) mass is 459 g/mol. The summed E-state index contributed by atoms with van der Waals surface area (Å²) in [6, 6.07) is 14.1. The van der Waals surface area contributed by atoms with Gasteiger partial charge in [-0.15, -0.1) is 0 Å². The highest BCUT2D eigenvalue weighted by Crippen LogP contribution is 2.35. The van der Waals surface area contributed by atoms with Gasteiger partial charge in [-0.05, 0) is 29.8 Å². The van der Waals surface area contributed by atoms with E-state index in [4.69, 9.17) is 26.1 Å². The van der Waals surface area contributed by atoms with Gasteiger partial charge >= 0.3 is 0 Å². The molecule has 7 nitrogen and oxygen atoms in total. The van der Waals surface area contributed by atoms with Gasteiger partial charge in [-0.3, -0.25) is 0 Å². The van der Waals surface area contributed by atoms with Gasteiger partial charge in [0.05, 0.1) is 30.0 Å². The standard InChI is InChI=1S/C22H22ClN3O4S/c23-17-7-5-16(6-8-17)15-31(27,28)21-20(24-18-3-1-2-4-19(18)25-21)26-11-9-22(10-12-26)29-13-14-30-22/h1-8H,9-15H2. The number of halogens is 1. The van der Waals surface area contributed by atoms with E-state index < -0.39 is 15.6 Å². The van der Waals surface area contributed by atoms with E-state index >= 15 is 0 Å². The molecule has 0 bridgehead atoms. The van der Waals surface area contributed by atoms with Crippen molar-refractivity contribution >= 4 is 38.3 Å². The molecule has 9 heteroatoms. The number of aromatic nitrogens is 2. The van der Waals surface area contributed by atoms with E-state index in [-0.39, 0.29) is 10.8 Å². The molecule has 2 aromatic carbocycles. The van der Waals surface area contributed by atoms with Crippen LogP contribution in [0.1, 0.15) is 18.4 Å². The fourth-order valence-corrected chi connectivity index (χ4v) is 5.69. The summed E-state index contributed by atoms with van der Waals surface area (Å²) in [5.74, 6) is -0.336. The maximum absolute atomic E-state index is 13.4. The molecule has 5 rings (SSSR count). The van der Waals surface area contributed by atoms with Crippen molar-refractivity contribution in [2.75, 3.05) is 31.2 Å². The SMILES string of the molecule is O=S(=O)(Cc1ccc(Cl)cc1)c1nc2ccccc2nc1N1CCC2(CC1)OCCO2. The van der Waals surface area contributed by atoms with Gasteiger partial charge < -0.3 is 14.4 Å². The van der Waals surface area contributed by atoms with Gasteiger partial charge in [-0.25, -0.2) is 18.4 Å². The summed E-state index contributed by atoms with van der Waals surface area (Å²) in [6.45, 7) is 2.35. The molecule has 0 amide bonds. The maximum atomic E-state index is 13.4. The molecule has 0 unspecified atom stereocenters. The molecular formula is C22H22ClN3O4S. The van der Waals surface area contributed by atoms with E-state index in [0.29, 0.717) is 66.6 Å². The smallest absolute Gasteiger partial charge is 0.203 e. The van der Waals surface area contributed by atoms with Crippen LogP contribution in [-0.4, -0.2) is 50.5 Å². The van der Waals surface area contributed by atoms with E-state index in [1.165, 1.54) is 0 Å². The van der Waals surface area contributed by atoms with Gasteiger partial charge in [0.2, 0.25) is 9.84 Å². The summed E-state index contributed by atoms with van der Waals surface area (Å²) in [4.78, 5) is 11.2. The number of nitrogens with zero attached hydrogens (tertiary/aromatic N) is 3. The average molecular weight is 460 g/mol. The topological polar surface area (TPSA) is 81.6 Å². The molecule has 31 heavy (non-hydrogen) atoms. The second-order valence-corrected chi connectivity index (χ2v) is 10.2. The molecular weight excluding hydrogens is 438 g/mol. The first-order valence-electron chi connectivity index (χ1n) is 10.2. The first-order valence-corrected chi connectivity index (χ1v) is 12.2. The first kappa shape index (κ1) is 20.6. The second kappa shape index (κ2) is 8.02. The summed E-state index contributed by atoms with van der Waals surface area (Å²) < 4.78 is 38.5. The van der Waals surface area contributed by atoms with Crippen molar-refractivity contribution in [2.24, 2.45) is 0 Å². The summed E-state index contributed by atoms with van der Waals surface area (Å²) in [5, 5.41) is 0.566. The zero-order chi connectivity index (χ0) is 21.5. The lowest BCUT2D eigenvalue weighted by Crippen LogP contribution is -2.46. The number of sulfone groups is 1. The third-order valence-corrected chi connectivity index (χ3v) is 7.55. The largest absolute Gasteiger partial charge is 0.354 e. The molecule has 2 aliphatic heterocycles. The molecule has 3 aromatic rings. The Labute approximate surface area is 185 Å². The van der Waals surface area contributed by atoms with Crippen LogP contribution in [0, 0.1) is 0 Å². The minimum Gasteiger partial charge on any atom is -0.354 e. The highest BCUT2D eigenvalue weighted by atomic mass is 35.5. The number of hydrogen-bond donors (Lipinski definition) is 0. The Hall–Kier alpha value is -2.26. The van der Waals surface area contributed by atoms with Crippen LogP contribution in [0.5, 0.6) is 0 Å². The predicted molar refractivity (Wildman–Crippen MR) is 118 cm³/mol. The second-order valence-electron chi connectivity index (χ2n) is 7.82. The highest BCUT2D eigenvalue weighted by molar-refractivity contribution is 7.90. The highest BCUT2D eigenvalue weighted by Gasteiger charge is 2.41. The Morgan fingerprint density at radius 2 is 1.55 bits per heavy atom. The normalized spacial score (nSPS) is 18.7. The third kappa shape index (κ3) is 4.13. The average Bonchev–Trinajstić information content (AvgIpc) is 3.23. The number of rotatable bonds is 4. The predicted octanol–water partition coefficient (Wildman–Crippen LogP) is 3.60. The van der Waals surface area contributed by atoms with E-state index in [0.717, 1.165) is 0 Å². The molecule has 0 N–H and O–H groups in total. The Balaban J connectivity index is 1.52. The van der Waals surface area contributed by atoms with Gasteiger partial charge in [-0.1, -0.05) is 35.9 Å². The van der Waals surface area contributed by atoms with Crippen molar-refractivity contribution in [3.05, 3.63) is 59.1 Å². The van der Waals surface area contributed by atoms with Crippen LogP contribution in [0.2, 0.25) is 5.02 Å². The minimum atomic E-state index is -3.75. The first-order chi connectivity index (χ1) is 14.9. The third-order valence-electron chi connectivity index (χ3n) is 5.72. The van der Waals surface area contributed by atoms with Crippen LogP contribution < -0.4 is 4.90 Å². The fraction of sp³-hybridized carbons (Fsp3) is 0.364. The van der Waals surface area contributed by atoms with E-state index in [1.807, 2.05) is 23.1 Å². The van der Waals surface area contributed by atoms with E-state index in [2.05, 4.69) is 4.98 Å². The van der Waals surface area contributed by atoms with Crippen molar-refractivity contribution in [2.45, 2.75) is 29.4 Å². The molecule has 1 aromatic heterocycles. The van der Waals surface area contributed by atoms with Gasteiger partial charge in [-0.2, -0.15) is 0 Å². The fourth-order valence-electron chi connectivity index (χ4n) is 4.10. The summed E-state index contributed by atoms with van der Waals surface area (Å²) in [5.41, 5.74) is 1.86. The van der Waals surface area contributed by atoms with Crippen LogP contribution in [-0.2, 0) is 25.1 Å². The Bertz CT molecular complexity index is 1200. The molecule has 0 aliphatic carbocycles. The number of fused-ring (bicyclic) bond motifs is 1. The molecule has 0 radical (unpaired) electrons. The van der Waals surface area contributed by atoms with Crippen LogP contribution in [0.3, 0.4) is 0 Å². The molecule has 2 aliphatic rings. The van der Waals surface area contributed by atoms with Gasteiger partial charge in [0.1, 0.15) is 0 Å². The summed E-state index contributed by atoms with van der Waals surface area (Å²) in [6.07, 6.45) is 1.30. The molecule has 2 saturated heterocycles. The number of hydrogen-bond acceptors (Lipinski definition) is 7. The number of benzene rings is 2. The molecule has 1 spiro atoms. The molecule has 3 heterocycles. The van der Waals surface area contributed by atoms with Crippen molar-refractivity contribution in [1.82, 2.24) is 9.97 Å². The maximum Gasteiger partial charge on any atom is 0.203 e.